The maximum Gasteiger partial charge on any atom is 0.573 e. The fourth-order valence-electron chi connectivity index (χ4n) is 2.15. The molecule has 2 aromatic carbocycles. The third-order valence-electron chi connectivity index (χ3n) is 3.35. The molecule has 26 heavy (non-hydrogen) atoms. The van der Waals surface area contributed by atoms with E-state index in [1.165, 1.54) is 44.6 Å². The minimum atomic E-state index is -4.81. The van der Waals surface area contributed by atoms with Gasteiger partial charge in [-0.2, -0.15) is 0 Å². The normalized spacial score (nSPS) is 11.0. The molecule has 1 amide bonds. The second kappa shape index (κ2) is 8.31. The standard InChI is InChI=1S/C17H15BrF3NO4/c1-24-13-7-11(8-14(25-2)15(13)18)16(23)22-9-10-5-3-4-6-12(10)26-17(19,20)21/h3-8H,9H2,1-2H3,(H,22,23). The zero-order chi connectivity index (χ0) is 19.3. The summed E-state index contributed by atoms with van der Waals surface area (Å²) in [5.41, 5.74) is 0.422. The van der Waals surface area contributed by atoms with E-state index in [1.54, 1.807) is 6.07 Å². The van der Waals surface area contributed by atoms with Gasteiger partial charge in [-0.3, -0.25) is 4.79 Å². The molecule has 5 nitrogen and oxygen atoms in total. The first-order chi connectivity index (χ1) is 12.2. The van der Waals surface area contributed by atoms with E-state index in [0.717, 1.165) is 0 Å². The Bertz CT molecular complexity index is 771. The zero-order valence-corrected chi connectivity index (χ0v) is 15.4. The van der Waals surface area contributed by atoms with E-state index in [-0.39, 0.29) is 23.4 Å². The van der Waals surface area contributed by atoms with Crippen molar-refractivity contribution in [2.24, 2.45) is 0 Å². The van der Waals surface area contributed by atoms with Gasteiger partial charge in [0.1, 0.15) is 21.7 Å². The Morgan fingerprint density at radius 3 is 2.19 bits per heavy atom. The number of nitrogens with one attached hydrogen (secondary N) is 1. The van der Waals surface area contributed by atoms with Gasteiger partial charge in [-0.1, -0.05) is 18.2 Å². The Morgan fingerprint density at radius 1 is 1.08 bits per heavy atom. The molecule has 0 aromatic heterocycles. The summed E-state index contributed by atoms with van der Waals surface area (Å²) in [7, 11) is 2.87. The van der Waals surface area contributed by atoms with Crippen LogP contribution < -0.4 is 19.5 Å². The molecule has 0 fully saturated rings. The first kappa shape index (κ1) is 19.9. The SMILES string of the molecule is COc1cc(C(=O)NCc2ccccc2OC(F)(F)F)cc(OC)c1Br. The average Bonchev–Trinajstić information content (AvgIpc) is 2.59. The van der Waals surface area contributed by atoms with Crippen LogP contribution in [0.25, 0.3) is 0 Å². The van der Waals surface area contributed by atoms with Crippen LogP contribution in [-0.4, -0.2) is 26.5 Å². The Balaban J connectivity index is 2.17. The number of benzene rings is 2. The lowest BCUT2D eigenvalue weighted by atomic mass is 10.1. The Labute approximate surface area is 156 Å². The van der Waals surface area contributed by atoms with Gasteiger partial charge >= 0.3 is 6.36 Å². The first-order valence-corrected chi connectivity index (χ1v) is 8.08. The second-order valence-electron chi connectivity index (χ2n) is 5.03. The summed E-state index contributed by atoms with van der Waals surface area (Å²) < 4.78 is 52.2. The van der Waals surface area contributed by atoms with E-state index in [1.807, 2.05) is 0 Å². The molecule has 0 atom stereocenters. The fourth-order valence-corrected chi connectivity index (χ4v) is 2.70. The van der Waals surface area contributed by atoms with Crippen molar-refractivity contribution in [2.45, 2.75) is 12.9 Å². The van der Waals surface area contributed by atoms with Crippen LogP contribution in [0.5, 0.6) is 17.2 Å². The molecule has 0 spiro atoms. The summed E-state index contributed by atoms with van der Waals surface area (Å²) in [5.74, 6) is -0.104. The van der Waals surface area contributed by atoms with Crippen molar-refractivity contribution in [3.8, 4) is 17.2 Å². The molecule has 2 rings (SSSR count). The molecular weight excluding hydrogens is 419 g/mol. The topological polar surface area (TPSA) is 56.8 Å². The number of rotatable bonds is 6. The zero-order valence-electron chi connectivity index (χ0n) is 13.8. The molecule has 0 aliphatic carbocycles. The van der Waals surface area contributed by atoms with E-state index in [4.69, 9.17) is 9.47 Å². The number of ether oxygens (including phenoxy) is 3. The van der Waals surface area contributed by atoms with Crippen LogP contribution in [0.1, 0.15) is 15.9 Å². The maximum atomic E-state index is 12.4. The van der Waals surface area contributed by atoms with Crippen molar-refractivity contribution in [1.29, 1.82) is 0 Å². The van der Waals surface area contributed by atoms with Crippen molar-refractivity contribution in [2.75, 3.05) is 14.2 Å². The third-order valence-corrected chi connectivity index (χ3v) is 4.13. The number of methoxy groups -OCH3 is 2. The lowest BCUT2D eigenvalue weighted by Crippen LogP contribution is -2.24. The van der Waals surface area contributed by atoms with Crippen LogP contribution in [0.4, 0.5) is 13.2 Å². The van der Waals surface area contributed by atoms with Crippen LogP contribution >= 0.6 is 15.9 Å². The monoisotopic (exact) mass is 433 g/mol. The Hall–Kier alpha value is -2.42. The Morgan fingerprint density at radius 2 is 1.65 bits per heavy atom. The van der Waals surface area contributed by atoms with Gasteiger partial charge in [0.15, 0.2) is 0 Å². The molecule has 0 saturated heterocycles. The number of carbonyl (C=O) groups excluding carboxylic acids is 1. The number of halogens is 4. The van der Waals surface area contributed by atoms with Crippen LogP contribution in [-0.2, 0) is 6.54 Å². The average molecular weight is 434 g/mol. The largest absolute Gasteiger partial charge is 0.573 e. The summed E-state index contributed by atoms with van der Waals surface area (Å²) >= 11 is 3.29. The summed E-state index contributed by atoms with van der Waals surface area (Å²) in [6, 6.07) is 8.55. The molecule has 0 radical (unpaired) electrons. The molecule has 0 aliphatic heterocycles. The minimum Gasteiger partial charge on any atom is -0.495 e. The molecule has 0 bridgehead atoms. The highest BCUT2D eigenvalue weighted by Gasteiger charge is 2.32. The van der Waals surface area contributed by atoms with Crippen molar-refractivity contribution in [1.82, 2.24) is 5.32 Å². The number of alkyl halides is 3. The molecule has 0 unspecified atom stereocenters. The van der Waals surface area contributed by atoms with E-state index in [0.29, 0.717) is 16.0 Å². The summed E-state index contributed by atoms with van der Waals surface area (Å²) in [4.78, 5) is 12.4. The van der Waals surface area contributed by atoms with Crippen LogP contribution in [0, 0.1) is 0 Å². The van der Waals surface area contributed by atoms with Crippen molar-refractivity contribution < 1.29 is 32.2 Å². The van der Waals surface area contributed by atoms with Crippen LogP contribution in [0.3, 0.4) is 0 Å². The number of amides is 1. The second-order valence-corrected chi connectivity index (χ2v) is 5.83. The van der Waals surface area contributed by atoms with Crippen molar-refractivity contribution >= 4 is 21.8 Å². The predicted octanol–water partition coefficient (Wildman–Crippen LogP) is 4.29. The van der Waals surface area contributed by atoms with E-state index in [9.17, 15) is 18.0 Å². The highest BCUT2D eigenvalue weighted by atomic mass is 79.9. The minimum absolute atomic E-state index is 0.147. The van der Waals surface area contributed by atoms with Crippen LogP contribution in [0.2, 0.25) is 0 Å². The number of para-hydroxylation sites is 1. The molecular formula is C17H15BrF3NO4. The maximum absolute atomic E-state index is 12.4. The van der Waals surface area contributed by atoms with Gasteiger partial charge in [-0.05, 0) is 34.1 Å². The smallest absolute Gasteiger partial charge is 0.495 e. The number of carbonyl (C=O) groups is 1. The lowest BCUT2D eigenvalue weighted by Gasteiger charge is -2.14. The Kier molecular flexibility index (Phi) is 6.36. The summed E-state index contributed by atoms with van der Waals surface area (Å²) in [5, 5.41) is 2.55. The molecule has 0 heterocycles. The van der Waals surface area contributed by atoms with Gasteiger partial charge in [-0.15, -0.1) is 13.2 Å². The predicted molar refractivity (Wildman–Crippen MR) is 91.5 cm³/mol. The molecule has 9 heteroatoms. The molecule has 0 aliphatic rings. The van der Waals surface area contributed by atoms with Gasteiger partial charge in [-0.25, -0.2) is 0 Å². The van der Waals surface area contributed by atoms with E-state index >= 15 is 0 Å². The summed E-state index contributed by atoms with van der Waals surface area (Å²) in [6.45, 7) is -0.147. The van der Waals surface area contributed by atoms with Crippen LogP contribution in [0.15, 0.2) is 40.9 Å². The van der Waals surface area contributed by atoms with E-state index in [2.05, 4.69) is 26.0 Å². The highest BCUT2D eigenvalue weighted by Crippen LogP contribution is 2.35. The first-order valence-electron chi connectivity index (χ1n) is 7.28. The molecule has 0 saturated carbocycles. The number of hydrogen-bond donors (Lipinski definition) is 1. The van der Waals surface area contributed by atoms with Gasteiger partial charge in [0.25, 0.3) is 5.91 Å². The lowest BCUT2D eigenvalue weighted by molar-refractivity contribution is -0.274. The quantitative estimate of drug-likeness (QED) is 0.737. The fraction of sp³-hybridized carbons (Fsp3) is 0.235. The van der Waals surface area contributed by atoms with Gasteiger partial charge in [0, 0.05) is 17.7 Å². The van der Waals surface area contributed by atoms with Crippen molar-refractivity contribution in [3.63, 3.8) is 0 Å². The molecule has 140 valence electrons. The summed E-state index contributed by atoms with van der Waals surface area (Å²) in [6.07, 6.45) is -4.81. The molecule has 2 aromatic rings. The van der Waals surface area contributed by atoms with Gasteiger partial charge in [0.05, 0.1) is 14.2 Å². The van der Waals surface area contributed by atoms with Gasteiger partial charge in [0.2, 0.25) is 0 Å². The third kappa shape index (κ3) is 5.04. The van der Waals surface area contributed by atoms with E-state index < -0.39 is 12.3 Å². The number of hydrogen-bond acceptors (Lipinski definition) is 4. The highest BCUT2D eigenvalue weighted by molar-refractivity contribution is 9.10. The van der Waals surface area contributed by atoms with Gasteiger partial charge < -0.3 is 19.5 Å². The molecule has 1 N–H and O–H groups in total. The van der Waals surface area contributed by atoms with Crippen molar-refractivity contribution in [3.05, 3.63) is 52.0 Å².